The number of methoxy groups -OCH3 is 1. The Kier molecular flexibility index (Phi) is 3.17. The molecule has 0 saturated heterocycles. The molecule has 0 fully saturated rings. The fourth-order valence-corrected chi connectivity index (χ4v) is 2.31. The minimum absolute atomic E-state index is 0.220. The molecule has 0 radical (unpaired) electrons. The first-order chi connectivity index (χ1) is 10.1. The van der Waals surface area contributed by atoms with Gasteiger partial charge in [0.1, 0.15) is 17.4 Å². The van der Waals surface area contributed by atoms with E-state index in [0.717, 1.165) is 0 Å². The quantitative estimate of drug-likeness (QED) is 0.727. The summed E-state index contributed by atoms with van der Waals surface area (Å²) >= 11 is 0. The van der Waals surface area contributed by atoms with Crippen LogP contribution in [0.5, 0.6) is 5.75 Å². The summed E-state index contributed by atoms with van der Waals surface area (Å²) in [5.41, 5.74) is 0.835. The Morgan fingerprint density at radius 3 is 2.52 bits per heavy atom. The lowest BCUT2D eigenvalue weighted by Crippen LogP contribution is -2.22. The molecule has 4 nitrogen and oxygen atoms in total. The number of halogens is 1. The van der Waals surface area contributed by atoms with Gasteiger partial charge in [0.05, 0.1) is 23.7 Å². The topological polar surface area (TPSA) is 44.1 Å². The molecule has 1 aromatic heterocycles. The van der Waals surface area contributed by atoms with E-state index in [2.05, 4.69) is 4.98 Å². The van der Waals surface area contributed by atoms with Gasteiger partial charge in [-0.25, -0.2) is 9.37 Å². The van der Waals surface area contributed by atoms with Gasteiger partial charge in [0.25, 0.3) is 5.56 Å². The fourth-order valence-electron chi connectivity index (χ4n) is 2.31. The lowest BCUT2D eigenvalue weighted by atomic mass is 10.2. The van der Waals surface area contributed by atoms with E-state index in [1.54, 1.807) is 38.3 Å². The molecule has 0 amide bonds. The SMILES string of the molecule is COc1ccc(-n2c(C)nc3cc(F)ccc3c2=O)cc1. The van der Waals surface area contributed by atoms with Crippen molar-refractivity contribution in [1.82, 2.24) is 9.55 Å². The average Bonchev–Trinajstić information content (AvgIpc) is 2.47. The lowest BCUT2D eigenvalue weighted by molar-refractivity contribution is 0.414. The van der Waals surface area contributed by atoms with Crippen molar-refractivity contribution in [2.45, 2.75) is 6.92 Å². The number of rotatable bonds is 2. The number of aromatic nitrogens is 2. The van der Waals surface area contributed by atoms with Crippen molar-refractivity contribution in [1.29, 1.82) is 0 Å². The third-order valence-electron chi connectivity index (χ3n) is 3.33. The molecular formula is C16H13FN2O2. The molecule has 106 valence electrons. The van der Waals surface area contributed by atoms with E-state index < -0.39 is 5.82 Å². The highest BCUT2D eigenvalue weighted by Crippen LogP contribution is 2.17. The van der Waals surface area contributed by atoms with Crippen LogP contribution in [0.25, 0.3) is 16.6 Å². The van der Waals surface area contributed by atoms with Gasteiger partial charge < -0.3 is 4.74 Å². The van der Waals surface area contributed by atoms with Gasteiger partial charge in [0.2, 0.25) is 0 Å². The molecule has 0 N–H and O–H groups in total. The van der Waals surface area contributed by atoms with Crippen molar-refractivity contribution >= 4 is 10.9 Å². The first-order valence-electron chi connectivity index (χ1n) is 6.43. The first-order valence-corrected chi connectivity index (χ1v) is 6.43. The average molecular weight is 284 g/mol. The number of hydrogen-bond acceptors (Lipinski definition) is 3. The van der Waals surface area contributed by atoms with Gasteiger partial charge in [-0.3, -0.25) is 9.36 Å². The zero-order valence-corrected chi connectivity index (χ0v) is 11.6. The van der Waals surface area contributed by atoms with E-state index in [-0.39, 0.29) is 5.56 Å². The summed E-state index contributed by atoms with van der Waals surface area (Å²) in [6.07, 6.45) is 0. The predicted octanol–water partition coefficient (Wildman–Crippen LogP) is 2.84. The maximum atomic E-state index is 13.2. The lowest BCUT2D eigenvalue weighted by Gasteiger charge is -2.11. The molecule has 5 heteroatoms. The van der Waals surface area contributed by atoms with Crippen molar-refractivity contribution in [3.63, 3.8) is 0 Å². The second kappa shape index (κ2) is 5.01. The van der Waals surface area contributed by atoms with E-state index in [1.807, 2.05) is 0 Å². The molecule has 0 saturated carbocycles. The van der Waals surface area contributed by atoms with Crippen molar-refractivity contribution in [3.05, 3.63) is 64.5 Å². The van der Waals surface area contributed by atoms with Gasteiger partial charge in [-0.2, -0.15) is 0 Å². The van der Waals surface area contributed by atoms with Gasteiger partial charge in [-0.15, -0.1) is 0 Å². The number of aryl methyl sites for hydroxylation is 1. The number of nitrogens with zero attached hydrogens (tertiary/aromatic N) is 2. The maximum Gasteiger partial charge on any atom is 0.265 e. The fraction of sp³-hybridized carbons (Fsp3) is 0.125. The predicted molar refractivity (Wildman–Crippen MR) is 78.6 cm³/mol. The highest BCUT2D eigenvalue weighted by Gasteiger charge is 2.10. The van der Waals surface area contributed by atoms with E-state index in [9.17, 15) is 9.18 Å². The highest BCUT2D eigenvalue weighted by molar-refractivity contribution is 5.78. The molecule has 0 atom stereocenters. The molecule has 2 aromatic carbocycles. The maximum absolute atomic E-state index is 13.2. The highest BCUT2D eigenvalue weighted by atomic mass is 19.1. The summed E-state index contributed by atoms with van der Waals surface area (Å²) < 4.78 is 19.8. The molecular weight excluding hydrogens is 271 g/mol. The monoisotopic (exact) mass is 284 g/mol. The Morgan fingerprint density at radius 2 is 1.86 bits per heavy atom. The Labute approximate surface area is 120 Å². The van der Waals surface area contributed by atoms with Gasteiger partial charge in [0.15, 0.2) is 0 Å². The van der Waals surface area contributed by atoms with Crippen LogP contribution in [-0.4, -0.2) is 16.7 Å². The Morgan fingerprint density at radius 1 is 1.14 bits per heavy atom. The zero-order chi connectivity index (χ0) is 15.0. The number of hydrogen-bond donors (Lipinski definition) is 0. The molecule has 0 aliphatic heterocycles. The summed E-state index contributed by atoms with van der Waals surface area (Å²) in [7, 11) is 1.58. The largest absolute Gasteiger partial charge is 0.497 e. The second-order valence-corrected chi connectivity index (χ2v) is 4.66. The summed E-state index contributed by atoms with van der Waals surface area (Å²) in [6, 6.07) is 11.1. The molecule has 3 aromatic rings. The van der Waals surface area contributed by atoms with Crippen molar-refractivity contribution < 1.29 is 9.13 Å². The van der Waals surface area contributed by atoms with Crippen LogP contribution in [0, 0.1) is 12.7 Å². The Balaban J connectivity index is 2.26. The first kappa shape index (κ1) is 13.3. The number of ether oxygens (including phenoxy) is 1. The van der Waals surface area contributed by atoms with Crippen LogP contribution in [0.2, 0.25) is 0 Å². The molecule has 0 bridgehead atoms. The summed E-state index contributed by atoms with van der Waals surface area (Å²) in [4.78, 5) is 16.9. The molecule has 0 spiro atoms. The molecule has 1 heterocycles. The number of fused-ring (bicyclic) bond motifs is 1. The van der Waals surface area contributed by atoms with Crippen LogP contribution in [0.15, 0.2) is 47.3 Å². The van der Waals surface area contributed by atoms with Crippen LogP contribution in [0.3, 0.4) is 0 Å². The molecule has 3 rings (SSSR count). The smallest absolute Gasteiger partial charge is 0.265 e. The third kappa shape index (κ3) is 2.27. The standard InChI is InChI=1S/C16H13FN2O2/c1-10-18-15-9-11(17)3-8-14(15)16(20)19(10)12-4-6-13(21-2)7-5-12/h3-9H,1-2H3. The summed E-state index contributed by atoms with van der Waals surface area (Å²) in [6.45, 7) is 1.72. The molecule has 0 aliphatic rings. The van der Waals surface area contributed by atoms with E-state index in [4.69, 9.17) is 4.74 Å². The minimum atomic E-state index is -0.406. The molecule has 0 aliphatic carbocycles. The van der Waals surface area contributed by atoms with Gasteiger partial charge in [-0.05, 0) is 43.3 Å². The van der Waals surface area contributed by atoms with E-state index in [0.29, 0.717) is 28.2 Å². The third-order valence-corrected chi connectivity index (χ3v) is 3.33. The van der Waals surface area contributed by atoms with Crippen LogP contribution < -0.4 is 10.3 Å². The second-order valence-electron chi connectivity index (χ2n) is 4.66. The van der Waals surface area contributed by atoms with Crippen LogP contribution in [0.4, 0.5) is 4.39 Å². The van der Waals surface area contributed by atoms with Crippen molar-refractivity contribution in [2.24, 2.45) is 0 Å². The van der Waals surface area contributed by atoms with E-state index in [1.165, 1.54) is 22.8 Å². The summed E-state index contributed by atoms with van der Waals surface area (Å²) in [5.74, 6) is 0.805. The summed E-state index contributed by atoms with van der Waals surface area (Å²) in [5, 5.41) is 0.387. The Hall–Kier alpha value is -2.69. The normalized spacial score (nSPS) is 10.8. The van der Waals surface area contributed by atoms with Crippen molar-refractivity contribution in [3.8, 4) is 11.4 Å². The zero-order valence-electron chi connectivity index (χ0n) is 11.6. The van der Waals surface area contributed by atoms with Gasteiger partial charge in [-0.1, -0.05) is 0 Å². The van der Waals surface area contributed by atoms with Crippen molar-refractivity contribution in [2.75, 3.05) is 7.11 Å². The Bertz CT molecular complexity index is 870. The van der Waals surface area contributed by atoms with E-state index >= 15 is 0 Å². The molecule has 21 heavy (non-hydrogen) atoms. The minimum Gasteiger partial charge on any atom is -0.497 e. The van der Waals surface area contributed by atoms with Crippen LogP contribution in [0.1, 0.15) is 5.82 Å². The molecule has 0 unspecified atom stereocenters. The number of benzene rings is 2. The van der Waals surface area contributed by atoms with Crippen LogP contribution >= 0.6 is 0 Å². The van der Waals surface area contributed by atoms with Crippen LogP contribution in [-0.2, 0) is 0 Å². The van der Waals surface area contributed by atoms with Gasteiger partial charge in [0, 0.05) is 6.07 Å². The van der Waals surface area contributed by atoms with Gasteiger partial charge >= 0.3 is 0 Å².